The van der Waals surface area contributed by atoms with Gasteiger partial charge in [0, 0.05) is 12.1 Å². The molecule has 11 nitrogen and oxygen atoms in total. The fourth-order valence-electron chi connectivity index (χ4n) is 3.68. The van der Waals surface area contributed by atoms with Gasteiger partial charge in [0.2, 0.25) is 0 Å². The van der Waals surface area contributed by atoms with Crippen LogP contribution in [0.1, 0.15) is 35.3 Å². The van der Waals surface area contributed by atoms with Crippen LogP contribution in [0, 0.1) is 12.7 Å². The number of anilines is 3. The Bertz CT molecular complexity index is 1120. The molecule has 1 fully saturated rings. The first kappa shape index (κ1) is 21.6. The Morgan fingerprint density at radius 3 is 2.69 bits per heavy atom. The predicted molar refractivity (Wildman–Crippen MR) is 115 cm³/mol. The second kappa shape index (κ2) is 8.85. The van der Waals surface area contributed by atoms with E-state index in [1.54, 1.807) is 31.6 Å². The SMILES string of the molecule is Cc1ncc(Nc2nc(NC3CC[C@@H](O)C[C@@H]3N)c(F)cc2C(N)=O)cc1-n1nccn1. The van der Waals surface area contributed by atoms with Gasteiger partial charge in [0.05, 0.1) is 41.6 Å². The molecule has 0 saturated heterocycles. The molecular weight excluding hydrogens is 417 g/mol. The smallest absolute Gasteiger partial charge is 0.252 e. The number of hydrogen-bond acceptors (Lipinski definition) is 9. The van der Waals surface area contributed by atoms with Crippen LogP contribution in [-0.4, -0.2) is 54.2 Å². The number of primary amides is 1. The number of carbonyl (C=O) groups excluding carboxylic acids is 1. The Kier molecular flexibility index (Phi) is 5.97. The molecule has 0 aromatic carbocycles. The lowest BCUT2D eigenvalue weighted by Gasteiger charge is -2.32. The van der Waals surface area contributed by atoms with Crippen LogP contribution in [0.5, 0.6) is 0 Å². The number of nitrogens with one attached hydrogen (secondary N) is 2. The average molecular weight is 441 g/mol. The minimum Gasteiger partial charge on any atom is -0.393 e. The molecule has 1 amide bonds. The van der Waals surface area contributed by atoms with Crippen LogP contribution in [-0.2, 0) is 0 Å². The van der Waals surface area contributed by atoms with Crippen molar-refractivity contribution in [2.75, 3.05) is 10.6 Å². The van der Waals surface area contributed by atoms with E-state index < -0.39 is 17.8 Å². The third-order valence-electron chi connectivity index (χ3n) is 5.39. The van der Waals surface area contributed by atoms with Crippen LogP contribution in [0.2, 0.25) is 0 Å². The molecule has 1 unspecified atom stereocenters. The van der Waals surface area contributed by atoms with Crippen LogP contribution in [0.15, 0.2) is 30.7 Å². The zero-order valence-corrected chi connectivity index (χ0v) is 17.4. The zero-order chi connectivity index (χ0) is 22.8. The van der Waals surface area contributed by atoms with Crippen molar-refractivity contribution in [1.82, 2.24) is 25.0 Å². The van der Waals surface area contributed by atoms with Crippen molar-refractivity contribution >= 4 is 23.2 Å². The molecule has 7 N–H and O–H groups in total. The summed E-state index contributed by atoms with van der Waals surface area (Å²) in [6, 6.07) is 2.12. The molecule has 3 aromatic rings. The number of aliphatic hydroxyl groups is 1. The Morgan fingerprint density at radius 2 is 2.00 bits per heavy atom. The largest absolute Gasteiger partial charge is 0.393 e. The van der Waals surface area contributed by atoms with E-state index in [1.165, 1.54) is 4.80 Å². The van der Waals surface area contributed by atoms with Crippen LogP contribution in [0.25, 0.3) is 5.69 Å². The summed E-state index contributed by atoms with van der Waals surface area (Å²) in [5, 5.41) is 24.0. The maximum Gasteiger partial charge on any atom is 0.252 e. The van der Waals surface area contributed by atoms with Gasteiger partial charge in [-0.1, -0.05) is 0 Å². The first-order chi connectivity index (χ1) is 15.3. The number of aromatic nitrogens is 5. The first-order valence-electron chi connectivity index (χ1n) is 10.1. The molecule has 1 saturated carbocycles. The molecule has 3 aromatic heterocycles. The monoisotopic (exact) mass is 441 g/mol. The maximum absolute atomic E-state index is 14.7. The van der Waals surface area contributed by atoms with E-state index >= 15 is 0 Å². The number of amides is 1. The van der Waals surface area contributed by atoms with Crippen molar-refractivity contribution < 1.29 is 14.3 Å². The average Bonchev–Trinajstić information content (AvgIpc) is 3.28. The fourth-order valence-corrected chi connectivity index (χ4v) is 3.68. The predicted octanol–water partition coefficient (Wildman–Crippen LogP) is 1.000. The molecule has 0 radical (unpaired) electrons. The molecule has 3 atom stereocenters. The second-order valence-electron chi connectivity index (χ2n) is 7.73. The standard InChI is InChI=1S/C20H24FN9O2/c1-10-17(30-25-4-5-26-30)6-11(9-24-10)27-19-13(18(23)32)8-14(21)20(29-19)28-16-3-2-12(31)7-15(16)22/h4-6,8-9,12,15-16,31H,2-3,7,22H2,1H3,(H2,23,32)(H2,27,28,29)/t12-,15+,16?/m1/s1. The quantitative estimate of drug-likeness (QED) is 0.374. The minimum atomic E-state index is -0.836. The topological polar surface area (TPSA) is 170 Å². The summed E-state index contributed by atoms with van der Waals surface area (Å²) in [7, 11) is 0. The molecule has 0 aliphatic heterocycles. The van der Waals surface area contributed by atoms with E-state index in [0.29, 0.717) is 36.3 Å². The van der Waals surface area contributed by atoms with Gasteiger partial charge in [-0.2, -0.15) is 10.2 Å². The van der Waals surface area contributed by atoms with Gasteiger partial charge in [0.1, 0.15) is 11.5 Å². The molecule has 4 rings (SSSR count). The number of aryl methyl sites for hydroxylation is 1. The molecule has 1 aliphatic rings. The second-order valence-corrected chi connectivity index (χ2v) is 7.73. The third-order valence-corrected chi connectivity index (χ3v) is 5.39. The van der Waals surface area contributed by atoms with Crippen molar-refractivity contribution in [1.29, 1.82) is 0 Å². The fraction of sp³-hybridized carbons (Fsp3) is 0.350. The highest BCUT2D eigenvalue weighted by Gasteiger charge is 2.28. The van der Waals surface area contributed by atoms with E-state index in [0.717, 1.165) is 6.07 Å². The number of hydrogen-bond donors (Lipinski definition) is 5. The Labute approximate surface area is 183 Å². The Morgan fingerprint density at radius 1 is 1.25 bits per heavy atom. The van der Waals surface area contributed by atoms with Gasteiger partial charge in [0.25, 0.3) is 5.91 Å². The van der Waals surface area contributed by atoms with Crippen LogP contribution in [0.3, 0.4) is 0 Å². The first-order valence-corrected chi connectivity index (χ1v) is 10.1. The Balaban J connectivity index is 1.65. The lowest BCUT2D eigenvalue weighted by molar-refractivity contribution is 0.1000. The molecular formula is C20H24FN9O2. The Hall–Kier alpha value is -3.64. The maximum atomic E-state index is 14.7. The van der Waals surface area contributed by atoms with Crippen LogP contribution >= 0.6 is 0 Å². The summed E-state index contributed by atoms with van der Waals surface area (Å²) in [6.45, 7) is 1.81. The van der Waals surface area contributed by atoms with Gasteiger partial charge in [0.15, 0.2) is 11.6 Å². The van der Waals surface area contributed by atoms with Crippen molar-refractivity contribution in [3.05, 3.63) is 47.8 Å². The number of aliphatic hydroxyl groups excluding tert-OH is 1. The van der Waals surface area contributed by atoms with Gasteiger partial charge in [-0.05, 0) is 38.3 Å². The van der Waals surface area contributed by atoms with E-state index in [9.17, 15) is 14.3 Å². The van der Waals surface area contributed by atoms with Gasteiger partial charge in [-0.15, -0.1) is 4.80 Å². The van der Waals surface area contributed by atoms with Crippen molar-refractivity contribution in [3.8, 4) is 5.69 Å². The lowest BCUT2D eigenvalue weighted by Crippen LogP contribution is -2.46. The summed E-state index contributed by atoms with van der Waals surface area (Å²) in [5.41, 5.74) is 13.2. The lowest BCUT2D eigenvalue weighted by atomic mass is 9.89. The number of halogens is 1. The van der Waals surface area contributed by atoms with E-state index in [2.05, 4.69) is 30.8 Å². The van der Waals surface area contributed by atoms with Gasteiger partial charge in [-0.25, -0.2) is 9.37 Å². The summed E-state index contributed by atoms with van der Waals surface area (Å²) >= 11 is 0. The number of rotatable bonds is 6. The molecule has 0 bridgehead atoms. The summed E-state index contributed by atoms with van der Waals surface area (Å²) < 4.78 is 14.7. The minimum absolute atomic E-state index is 0.0656. The molecule has 1 aliphatic carbocycles. The van der Waals surface area contributed by atoms with Crippen LogP contribution < -0.4 is 22.1 Å². The number of pyridine rings is 2. The van der Waals surface area contributed by atoms with E-state index in [-0.39, 0.29) is 29.3 Å². The van der Waals surface area contributed by atoms with Gasteiger partial charge in [-0.3, -0.25) is 9.78 Å². The van der Waals surface area contributed by atoms with Crippen molar-refractivity contribution in [2.24, 2.45) is 11.5 Å². The normalized spacial score (nSPS) is 20.7. The van der Waals surface area contributed by atoms with Crippen LogP contribution in [0.4, 0.5) is 21.7 Å². The van der Waals surface area contributed by atoms with E-state index in [4.69, 9.17) is 11.5 Å². The molecule has 32 heavy (non-hydrogen) atoms. The third kappa shape index (κ3) is 4.50. The molecule has 0 spiro atoms. The number of nitrogens with zero attached hydrogens (tertiary/aromatic N) is 5. The van der Waals surface area contributed by atoms with Crippen molar-refractivity contribution in [3.63, 3.8) is 0 Å². The summed E-state index contributed by atoms with van der Waals surface area (Å²) in [4.78, 5) is 21.9. The molecule has 168 valence electrons. The number of carbonyl (C=O) groups is 1. The molecule has 12 heteroatoms. The highest BCUT2D eigenvalue weighted by atomic mass is 19.1. The van der Waals surface area contributed by atoms with Gasteiger partial charge >= 0.3 is 0 Å². The summed E-state index contributed by atoms with van der Waals surface area (Å²) in [6.07, 6.45) is 5.68. The van der Waals surface area contributed by atoms with Gasteiger partial charge < -0.3 is 27.2 Å². The molecule has 3 heterocycles. The number of nitrogens with two attached hydrogens (primary N) is 2. The highest BCUT2D eigenvalue weighted by Crippen LogP contribution is 2.27. The highest BCUT2D eigenvalue weighted by molar-refractivity contribution is 5.98. The van der Waals surface area contributed by atoms with E-state index in [1.807, 2.05) is 0 Å². The zero-order valence-electron chi connectivity index (χ0n) is 17.4. The van der Waals surface area contributed by atoms with Crippen molar-refractivity contribution in [2.45, 2.75) is 44.4 Å². The summed E-state index contributed by atoms with van der Waals surface area (Å²) in [5.74, 6) is -1.57.